The average Bonchev–Trinajstić information content (AvgIpc) is 3.18. The van der Waals surface area contributed by atoms with Crippen molar-refractivity contribution in [2.45, 2.75) is 51.5 Å². The summed E-state index contributed by atoms with van der Waals surface area (Å²) in [7, 11) is 0. The third-order valence-electron chi connectivity index (χ3n) is 5.79. The molecule has 1 spiro atoms. The van der Waals surface area contributed by atoms with Crippen molar-refractivity contribution < 1.29 is 9.53 Å². The summed E-state index contributed by atoms with van der Waals surface area (Å²) in [4.78, 5) is 19.7. The fourth-order valence-electron chi connectivity index (χ4n) is 4.26. The smallest absolute Gasteiger partial charge is 0.251 e. The zero-order valence-electron chi connectivity index (χ0n) is 17.1. The Bertz CT molecular complexity index is 858. The monoisotopic (exact) mass is 416 g/mol. The molecule has 3 heterocycles. The molecule has 1 aromatic heterocycles. The van der Waals surface area contributed by atoms with Gasteiger partial charge in [-0.1, -0.05) is 37.6 Å². The Kier molecular flexibility index (Phi) is 5.95. The lowest BCUT2D eigenvalue weighted by Crippen LogP contribution is -2.54. The molecular formula is C22H29ClN4O2. The number of hydrogen-bond donors (Lipinski definition) is 1. The maximum Gasteiger partial charge on any atom is 0.251 e. The van der Waals surface area contributed by atoms with Gasteiger partial charge in [-0.25, -0.2) is 4.98 Å². The molecule has 0 aliphatic carbocycles. The number of carbonyl (C=O) groups is 1. The number of ether oxygens (including phenoxy) is 1. The summed E-state index contributed by atoms with van der Waals surface area (Å²) in [6.45, 7) is 8.01. The number of nitrogens with zero attached hydrogens (tertiary/aromatic N) is 3. The van der Waals surface area contributed by atoms with E-state index in [-0.39, 0.29) is 5.91 Å². The van der Waals surface area contributed by atoms with Gasteiger partial charge in [-0.15, -0.1) is 0 Å². The van der Waals surface area contributed by atoms with E-state index in [0.29, 0.717) is 19.0 Å². The van der Waals surface area contributed by atoms with Crippen molar-refractivity contribution in [2.24, 2.45) is 5.92 Å². The van der Waals surface area contributed by atoms with Gasteiger partial charge in [0.1, 0.15) is 11.4 Å². The standard InChI is InChI=1S/C22H29ClN4O2/c1-16(2)13-25-20(28)19-15-27-11-8-24-21(27)22(29-19)6-9-26(10-7-22)14-17-4-3-5-18(23)12-17/h3-5,8,11-12,16,19H,6-7,9-10,13-15H2,1-2H3,(H,25,28). The molecule has 2 aliphatic rings. The lowest BCUT2D eigenvalue weighted by atomic mass is 9.88. The number of benzene rings is 1. The number of piperidine rings is 1. The van der Waals surface area contributed by atoms with Crippen molar-refractivity contribution in [3.63, 3.8) is 0 Å². The Hall–Kier alpha value is -1.89. The van der Waals surface area contributed by atoms with Crippen molar-refractivity contribution >= 4 is 17.5 Å². The van der Waals surface area contributed by atoms with Gasteiger partial charge in [0.15, 0.2) is 6.10 Å². The molecule has 1 fully saturated rings. The highest BCUT2D eigenvalue weighted by Crippen LogP contribution is 2.40. The summed E-state index contributed by atoms with van der Waals surface area (Å²) in [5.41, 5.74) is 0.720. The van der Waals surface area contributed by atoms with Crippen LogP contribution in [0.3, 0.4) is 0 Å². The number of nitrogens with one attached hydrogen (secondary N) is 1. The molecule has 6 nitrogen and oxygen atoms in total. The van der Waals surface area contributed by atoms with Crippen molar-refractivity contribution in [1.82, 2.24) is 19.8 Å². The van der Waals surface area contributed by atoms with Crippen molar-refractivity contribution in [3.8, 4) is 0 Å². The largest absolute Gasteiger partial charge is 0.354 e. The molecule has 1 saturated heterocycles. The van der Waals surface area contributed by atoms with Crippen LogP contribution in [-0.4, -0.2) is 46.1 Å². The second-order valence-electron chi connectivity index (χ2n) is 8.55. The van der Waals surface area contributed by atoms with Gasteiger partial charge in [-0.2, -0.15) is 0 Å². The van der Waals surface area contributed by atoms with E-state index in [1.807, 2.05) is 30.6 Å². The molecule has 0 bridgehead atoms. The van der Waals surface area contributed by atoms with E-state index < -0.39 is 11.7 Å². The van der Waals surface area contributed by atoms with E-state index in [4.69, 9.17) is 16.3 Å². The van der Waals surface area contributed by atoms with Crippen LogP contribution < -0.4 is 5.32 Å². The second kappa shape index (κ2) is 8.46. The van der Waals surface area contributed by atoms with E-state index in [9.17, 15) is 4.79 Å². The summed E-state index contributed by atoms with van der Waals surface area (Å²) < 4.78 is 8.56. The SMILES string of the molecule is CC(C)CNC(=O)C1Cn2ccnc2C2(CCN(Cc3cccc(Cl)c3)CC2)O1. The van der Waals surface area contributed by atoms with E-state index in [0.717, 1.165) is 43.3 Å². The van der Waals surface area contributed by atoms with E-state index >= 15 is 0 Å². The van der Waals surface area contributed by atoms with Gasteiger partial charge in [0, 0.05) is 43.6 Å². The summed E-state index contributed by atoms with van der Waals surface area (Å²) in [6.07, 6.45) is 4.93. The molecule has 1 atom stereocenters. The number of rotatable bonds is 5. The molecular weight excluding hydrogens is 388 g/mol. The van der Waals surface area contributed by atoms with E-state index in [1.54, 1.807) is 0 Å². The number of hydrogen-bond acceptors (Lipinski definition) is 4. The van der Waals surface area contributed by atoms with Crippen LogP contribution in [-0.2, 0) is 28.2 Å². The van der Waals surface area contributed by atoms with Gasteiger partial charge in [-0.05, 0) is 36.5 Å². The molecule has 1 amide bonds. The average molecular weight is 417 g/mol. The van der Waals surface area contributed by atoms with Crippen molar-refractivity contribution in [3.05, 3.63) is 53.1 Å². The normalized spacial score (nSPS) is 21.3. The highest BCUT2D eigenvalue weighted by atomic mass is 35.5. The van der Waals surface area contributed by atoms with Crippen LogP contribution in [0.5, 0.6) is 0 Å². The quantitative estimate of drug-likeness (QED) is 0.813. The molecule has 4 rings (SSSR count). The number of halogens is 1. The van der Waals surface area contributed by atoms with Gasteiger partial charge in [0.25, 0.3) is 5.91 Å². The minimum Gasteiger partial charge on any atom is -0.354 e. The summed E-state index contributed by atoms with van der Waals surface area (Å²) in [5.74, 6) is 1.33. The van der Waals surface area contributed by atoms with Crippen LogP contribution in [0.4, 0.5) is 0 Å². The number of fused-ring (bicyclic) bond motifs is 2. The van der Waals surface area contributed by atoms with Gasteiger partial charge < -0.3 is 14.6 Å². The molecule has 7 heteroatoms. The Labute approximate surface area is 177 Å². The highest BCUT2D eigenvalue weighted by Gasteiger charge is 2.47. The lowest BCUT2D eigenvalue weighted by Gasteiger charge is -2.45. The maximum atomic E-state index is 12.7. The topological polar surface area (TPSA) is 59.4 Å². The van der Waals surface area contributed by atoms with Crippen LogP contribution in [0, 0.1) is 5.92 Å². The van der Waals surface area contributed by atoms with Crippen LogP contribution >= 0.6 is 11.6 Å². The predicted octanol–water partition coefficient (Wildman–Crippen LogP) is 3.20. The van der Waals surface area contributed by atoms with Crippen LogP contribution in [0.1, 0.15) is 38.1 Å². The number of aromatic nitrogens is 2. The van der Waals surface area contributed by atoms with Gasteiger partial charge in [-0.3, -0.25) is 9.69 Å². The number of amides is 1. The molecule has 1 aromatic carbocycles. The van der Waals surface area contributed by atoms with Crippen LogP contribution in [0.15, 0.2) is 36.7 Å². The fourth-order valence-corrected chi connectivity index (χ4v) is 4.47. The molecule has 0 saturated carbocycles. The molecule has 1 N–H and O–H groups in total. The van der Waals surface area contributed by atoms with Crippen LogP contribution in [0.2, 0.25) is 5.02 Å². The minimum atomic E-state index is -0.494. The minimum absolute atomic E-state index is 0.0289. The third kappa shape index (κ3) is 4.49. The zero-order chi connectivity index (χ0) is 20.4. The first-order chi connectivity index (χ1) is 13.9. The molecule has 2 aromatic rings. The molecule has 156 valence electrons. The zero-order valence-corrected chi connectivity index (χ0v) is 17.9. The van der Waals surface area contributed by atoms with Gasteiger partial charge >= 0.3 is 0 Å². The summed E-state index contributed by atoms with van der Waals surface area (Å²) in [6, 6.07) is 8.01. The Morgan fingerprint density at radius 2 is 2.17 bits per heavy atom. The lowest BCUT2D eigenvalue weighted by molar-refractivity contribution is -0.174. The number of carbonyl (C=O) groups excluding carboxylic acids is 1. The molecule has 1 unspecified atom stereocenters. The first-order valence-corrected chi connectivity index (χ1v) is 10.8. The number of likely N-dealkylation sites (tertiary alicyclic amines) is 1. The summed E-state index contributed by atoms with van der Waals surface area (Å²) >= 11 is 6.13. The molecule has 0 radical (unpaired) electrons. The Balaban J connectivity index is 1.45. The first-order valence-electron chi connectivity index (χ1n) is 10.4. The van der Waals surface area contributed by atoms with E-state index in [1.165, 1.54) is 5.56 Å². The van der Waals surface area contributed by atoms with Crippen LogP contribution in [0.25, 0.3) is 0 Å². The molecule has 2 aliphatic heterocycles. The first kappa shape index (κ1) is 20.4. The second-order valence-corrected chi connectivity index (χ2v) is 8.99. The Morgan fingerprint density at radius 1 is 1.38 bits per heavy atom. The fraction of sp³-hybridized carbons (Fsp3) is 0.545. The van der Waals surface area contributed by atoms with E-state index in [2.05, 4.69) is 39.7 Å². The highest BCUT2D eigenvalue weighted by molar-refractivity contribution is 6.30. The van der Waals surface area contributed by atoms with Crippen molar-refractivity contribution in [1.29, 1.82) is 0 Å². The van der Waals surface area contributed by atoms with Crippen molar-refractivity contribution in [2.75, 3.05) is 19.6 Å². The predicted molar refractivity (Wildman–Crippen MR) is 113 cm³/mol. The molecule has 29 heavy (non-hydrogen) atoms. The summed E-state index contributed by atoms with van der Waals surface area (Å²) in [5, 5.41) is 3.79. The third-order valence-corrected chi connectivity index (χ3v) is 6.02. The maximum absolute atomic E-state index is 12.7. The van der Waals surface area contributed by atoms with Gasteiger partial charge in [0.05, 0.1) is 6.54 Å². The van der Waals surface area contributed by atoms with Gasteiger partial charge in [0.2, 0.25) is 0 Å². The number of imidazole rings is 1. The Morgan fingerprint density at radius 3 is 2.90 bits per heavy atom.